The molecule has 0 radical (unpaired) electrons. The van der Waals surface area contributed by atoms with Crippen LogP contribution in [0, 0.1) is 0 Å². The number of nitrogens with zero attached hydrogens (tertiary/aromatic N) is 1. The molecule has 0 fully saturated rings. The van der Waals surface area contributed by atoms with Gasteiger partial charge in [0.05, 0.1) is 5.69 Å². The van der Waals surface area contributed by atoms with E-state index in [0.717, 1.165) is 50.2 Å². The van der Waals surface area contributed by atoms with Crippen LogP contribution in [-0.4, -0.2) is 0 Å². The van der Waals surface area contributed by atoms with Gasteiger partial charge in [0.15, 0.2) is 12.0 Å². The van der Waals surface area contributed by atoms with E-state index in [4.69, 9.17) is 4.74 Å². The summed E-state index contributed by atoms with van der Waals surface area (Å²) < 4.78 is 6.72. The summed E-state index contributed by atoms with van der Waals surface area (Å²) in [5.74, 6) is 0.896. The second-order valence-corrected chi connectivity index (χ2v) is 11.8. The summed E-state index contributed by atoms with van der Waals surface area (Å²) in [6.07, 6.45) is -0.253. The molecule has 0 bridgehead atoms. The molecule has 1 N–H and O–H groups in total. The molecule has 8 aromatic rings. The van der Waals surface area contributed by atoms with E-state index >= 15 is 0 Å². The van der Waals surface area contributed by atoms with Crippen LogP contribution >= 0.6 is 0 Å². The summed E-state index contributed by atoms with van der Waals surface area (Å²) in [7, 11) is 0. The minimum absolute atomic E-state index is 0.253. The first-order chi connectivity index (χ1) is 22.8. The van der Waals surface area contributed by atoms with Gasteiger partial charge in [-0.3, -0.25) is 0 Å². The van der Waals surface area contributed by atoms with Crippen molar-refractivity contribution in [1.29, 1.82) is 0 Å². The van der Waals surface area contributed by atoms with Crippen LogP contribution in [0.2, 0.25) is 0 Å². The lowest BCUT2D eigenvalue weighted by Crippen LogP contribution is -2.10. The second-order valence-electron chi connectivity index (χ2n) is 11.8. The fourth-order valence-electron chi connectivity index (χ4n) is 6.81. The number of ether oxygens (including phenoxy) is 1. The first kappa shape index (κ1) is 26.4. The molecular weight excluding hydrogens is 560 g/mol. The summed E-state index contributed by atoms with van der Waals surface area (Å²) >= 11 is 0. The molecule has 0 aromatic heterocycles. The van der Waals surface area contributed by atoms with E-state index in [-0.39, 0.29) is 6.23 Å². The van der Waals surface area contributed by atoms with Gasteiger partial charge in [-0.25, -0.2) is 0 Å². The molecule has 46 heavy (non-hydrogen) atoms. The lowest BCUT2D eigenvalue weighted by atomic mass is 9.94. The Labute approximate surface area is 267 Å². The van der Waals surface area contributed by atoms with Crippen LogP contribution in [-0.2, 0) is 0 Å². The molecule has 1 aliphatic rings. The third kappa shape index (κ3) is 4.44. The monoisotopic (exact) mass is 590 g/mol. The highest BCUT2D eigenvalue weighted by molar-refractivity contribution is 6.19. The van der Waals surface area contributed by atoms with Crippen LogP contribution in [0.4, 0.5) is 22.7 Å². The topological polar surface area (TPSA) is 24.5 Å². The van der Waals surface area contributed by atoms with Gasteiger partial charge in [-0.15, -0.1) is 0 Å². The van der Waals surface area contributed by atoms with Crippen molar-refractivity contribution in [3.63, 3.8) is 0 Å². The number of nitrogens with one attached hydrogen (secondary N) is 1. The zero-order valence-corrected chi connectivity index (χ0v) is 25.1. The number of para-hydroxylation sites is 1. The summed E-state index contributed by atoms with van der Waals surface area (Å²) in [5, 5.41) is 10.7. The number of anilines is 4. The molecule has 0 aliphatic carbocycles. The molecule has 0 amide bonds. The molecule has 1 aliphatic heterocycles. The van der Waals surface area contributed by atoms with Crippen molar-refractivity contribution in [3.05, 3.63) is 175 Å². The summed E-state index contributed by atoms with van der Waals surface area (Å²) in [6, 6.07) is 60.4. The predicted octanol–water partition coefficient (Wildman–Crippen LogP) is 11.8. The maximum Gasteiger partial charge on any atom is 0.196 e. The quantitative estimate of drug-likeness (QED) is 0.202. The van der Waals surface area contributed by atoms with Gasteiger partial charge in [-0.1, -0.05) is 121 Å². The maximum absolute atomic E-state index is 6.72. The molecule has 3 nitrogen and oxygen atoms in total. The zero-order chi connectivity index (χ0) is 30.5. The highest BCUT2D eigenvalue weighted by Crippen LogP contribution is 2.50. The van der Waals surface area contributed by atoms with Crippen LogP contribution in [0.3, 0.4) is 0 Å². The lowest BCUT2D eigenvalue weighted by Gasteiger charge is -2.26. The first-order valence-corrected chi connectivity index (χ1v) is 15.7. The Bertz CT molecular complexity index is 2370. The third-order valence-corrected chi connectivity index (χ3v) is 9.04. The number of benzene rings is 8. The Hall–Kier alpha value is -6.06. The highest BCUT2D eigenvalue weighted by Gasteiger charge is 2.29. The lowest BCUT2D eigenvalue weighted by molar-refractivity contribution is 0.262. The molecular formula is C43H30N2O. The summed E-state index contributed by atoms with van der Waals surface area (Å²) in [5.41, 5.74) is 7.83. The smallest absolute Gasteiger partial charge is 0.196 e. The molecule has 8 aromatic carbocycles. The summed E-state index contributed by atoms with van der Waals surface area (Å²) in [6.45, 7) is 0. The molecule has 9 rings (SSSR count). The van der Waals surface area contributed by atoms with Crippen LogP contribution in [0.5, 0.6) is 5.75 Å². The van der Waals surface area contributed by atoms with Crippen LogP contribution < -0.4 is 15.0 Å². The number of hydrogen-bond donors (Lipinski definition) is 1. The third-order valence-electron chi connectivity index (χ3n) is 9.04. The minimum Gasteiger partial charge on any atom is -0.464 e. The van der Waals surface area contributed by atoms with E-state index in [2.05, 4.69) is 174 Å². The minimum atomic E-state index is -0.253. The average molecular weight is 591 g/mol. The van der Waals surface area contributed by atoms with Crippen LogP contribution in [0.1, 0.15) is 11.8 Å². The van der Waals surface area contributed by atoms with E-state index in [0.29, 0.717) is 0 Å². The van der Waals surface area contributed by atoms with E-state index in [1.165, 1.54) is 27.3 Å². The molecule has 0 saturated carbocycles. The van der Waals surface area contributed by atoms with E-state index < -0.39 is 0 Å². The standard InChI is InChI=1S/C43H30N2O/c1-4-12-29(13-5-1)33-21-24-37-39(27-33)40-28-36(23-25-38(40)42-41(37)44-43(46-42)31-15-6-2-7-16-31)45(34-18-8-3-9-19-34)35-22-20-30-14-10-11-17-32(30)26-35/h1-28,43-44H. The van der Waals surface area contributed by atoms with Crippen molar-refractivity contribution < 1.29 is 4.74 Å². The van der Waals surface area contributed by atoms with E-state index in [9.17, 15) is 0 Å². The van der Waals surface area contributed by atoms with Gasteiger partial charge in [-0.05, 0) is 81.2 Å². The SMILES string of the molecule is c1ccc(-c2ccc3c4c(c5ccc(N(c6ccccc6)c6ccc7ccccc7c6)cc5c3c2)OC(c2ccccc2)N4)cc1. The Morgan fingerprint density at radius 2 is 1.07 bits per heavy atom. The molecule has 1 atom stereocenters. The van der Waals surface area contributed by atoms with Crippen molar-refractivity contribution in [1.82, 2.24) is 0 Å². The average Bonchev–Trinajstić information content (AvgIpc) is 3.59. The van der Waals surface area contributed by atoms with Gasteiger partial charge in [-0.2, -0.15) is 0 Å². The zero-order valence-electron chi connectivity index (χ0n) is 25.1. The first-order valence-electron chi connectivity index (χ1n) is 15.7. The van der Waals surface area contributed by atoms with Crippen molar-refractivity contribution >= 4 is 55.1 Å². The predicted molar refractivity (Wildman–Crippen MR) is 193 cm³/mol. The molecule has 0 spiro atoms. The van der Waals surface area contributed by atoms with Crippen molar-refractivity contribution in [2.24, 2.45) is 0 Å². The van der Waals surface area contributed by atoms with E-state index in [1.807, 2.05) is 6.07 Å². The Balaban J connectivity index is 1.28. The molecule has 218 valence electrons. The Morgan fingerprint density at radius 1 is 0.435 bits per heavy atom. The van der Waals surface area contributed by atoms with E-state index in [1.54, 1.807) is 0 Å². The number of fused-ring (bicyclic) bond motifs is 7. The van der Waals surface area contributed by atoms with Crippen molar-refractivity contribution in [3.8, 4) is 16.9 Å². The Morgan fingerprint density at radius 3 is 1.87 bits per heavy atom. The summed E-state index contributed by atoms with van der Waals surface area (Å²) in [4.78, 5) is 2.35. The second kappa shape index (κ2) is 10.8. The highest BCUT2D eigenvalue weighted by atomic mass is 16.5. The molecule has 3 heteroatoms. The largest absolute Gasteiger partial charge is 0.464 e. The van der Waals surface area contributed by atoms with Gasteiger partial charge < -0.3 is 15.0 Å². The fraction of sp³-hybridized carbons (Fsp3) is 0.0233. The molecule has 1 unspecified atom stereocenters. The van der Waals surface area contributed by atoms with Crippen LogP contribution in [0.25, 0.3) is 43.4 Å². The van der Waals surface area contributed by atoms with Crippen molar-refractivity contribution in [2.75, 3.05) is 10.2 Å². The van der Waals surface area contributed by atoms with Gasteiger partial charge in [0, 0.05) is 33.4 Å². The number of hydrogen-bond acceptors (Lipinski definition) is 3. The molecule has 0 saturated heterocycles. The number of rotatable bonds is 5. The molecule has 1 heterocycles. The van der Waals surface area contributed by atoms with Crippen molar-refractivity contribution in [2.45, 2.75) is 6.23 Å². The van der Waals surface area contributed by atoms with Crippen LogP contribution in [0.15, 0.2) is 170 Å². The van der Waals surface area contributed by atoms with Gasteiger partial charge in [0.1, 0.15) is 0 Å². The van der Waals surface area contributed by atoms with Gasteiger partial charge in [0.25, 0.3) is 0 Å². The maximum atomic E-state index is 6.72. The van der Waals surface area contributed by atoms with Gasteiger partial charge in [0.2, 0.25) is 0 Å². The fourth-order valence-corrected chi connectivity index (χ4v) is 6.81. The normalized spacial score (nSPS) is 13.8. The Kier molecular flexibility index (Phi) is 6.20. The van der Waals surface area contributed by atoms with Gasteiger partial charge >= 0.3 is 0 Å².